The number of piperidine rings is 1. The van der Waals surface area contributed by atoms with Crippen molar-refractivity contribution in [2.45, 2.75) is 36.5 Å². The average molecular weight is 308 g/mol. The van der Waals surface area contributed by atoms with E-state index in [4.69, 9.17) is 19.1 Å². The van der Waals surface area contributed by atoms with Crippen LogP contribution in [0.5, 0.6) is 11.5 Å². The lowest BCUT2D eigenvalue weighted by molar-refractivity contribution is -0.0453. The fourth-order valence-corrected chi connectivity index (χ4v) is 4.37. The predicted molar refractivity (Wildman–Crippen MR) is 82.5 cm³/mol. The van der Waals surface area contributed by atoms with Gasteiger partial charge in [0.15, 0.2) is 11.5 Å². The smallest absolute Gasteiger partial charge is 0.211 e. The Hall–Kier alpha value is -1.52. The second kappa shape index (κ2) is 4.06. The lowest BCUT2D eigenvalue weighted by Crippen LogP contribution is -2.64. The number of likely N-dealkylation sites (tertiary alicyclic amines) is 1. The topological polar surface area (TPSA) is 41.9 Å². The number of likely N-dealkylation sites (N-methyl/N-ethyl adjacent to an activating group) is 1. The second-order valence-electron chi connectivity index (χ2n) is 6.12. The summed E-state index contributed by atoms with van der Waals surface area (Å²) in [6.07, 6.45) is -2.23. The van der Waals surface area contributed by atoms with E-state index in [1.807, 2.05) is 0 Å². The third-order valence-corrected chi connectivity index (χ3v) is 5.28. The zero-order valence-electron chi connectivity index (χ0n) is 21.0. The van der Waals surface area contributed by atoms with Crippen molar-refractivity contribution in [3.05, 3.63) is 35.4 Å². The number of methoxy groups -OCH3 is 1. The molecule has 4 heteroatoms. The maximum Gasteiger partial charge on any atom is 0.211 e. The summed E-state index contributed by atoms with van der Waals surface area (Å²) in [4.78, 5) is 1.22. The van der Waals surface area contributed by atoms with Gasteiger partial charge in [-0.25, -0.2) is 0 Å². The number of hydrogen-bond donors (Lipinski definition) is 1. The van der Waals surface area contributed by atoms with Crippen LogP contribution in [0.25, 0.3) is 0 Å². The molecule has 2 unspecified atom stereocenters. The first-order chi connectivity index (χ1) is 14.3. The first-order valence-electron chi connectivity index (χ1n) is 11.7. The zero-order chi connectivity index (χ0) is 22.8. The van der Waals surface area contributed by atoms with Gasteiger partial charge in [0.2, 0.25) is 1.43 Å². The molecule has 2 heterocycles. The highest BCUT2D eigenvalue weighted by Gasteiger charge is 2.64. The summed E-state index contributed by atoms with van der Waals surface area (Å²) in [5.41, 5.74) is -0.946. The summed E-state index contributed by atoms with van der Waals surface area (Å²) >= 11 is 0. The number of benzene rings is 1. The van der Waals surface area contributed by atoms with E-state index in [9.17, 15) is 2.74 Å². The van der Waals surface area contributed by atoms with Crippen LogP contribution >= 0.6 is 0 Å². The lowest BCUT2D eigenvalue weighted by Gasteiger charge is -2.56. The Morgan fingerprint density at radius 1 is 1.59 bits per heavy atom. The van der Waals surface area contributed by atoms with Gasteiger partial charge < -0.3 is 19.5 Å². The molecule has 2 aliphatic carbocycles. The van der Waals surface area contributed by atoms with Crippen molar-refractivity contribution in [3.8, 4) is 11.5 Å². The molecular formula is C18H21NO3. The summed E-state index contributed by atoms with van der Waals surface area (Å²) in [5, 5.41) is 4.67. The zero-order valence-corrected chi connectivity index (χ0v) is 12.0. The number of rotatable bonds is 2. The van der Waals surface area contributed by atoms with Gasteiger partial charge in [0, 0.05) is 28.4 Å². The molecule has 0 amide bonds. The van der Waals surface area contributed by atoms with Gasteiger partial charge in [-0.1, -0.05) is 18.2 Å². The monoisotopic (exact) mass is 308 g/mol. The molecule has 1 aromatic carbocycles. The van der Waals surface area contributed by atoms with Gasteiger partial charge in [-0.3, -0.25) is 0 Å². The standard InChI is InChI=1S/C18H21NO3/c1-19-8-7-18-11-4-5-13(20)17(18)22-16-14(21-2)6-3-10(15(16)18)9-12(11)19/h3-6,11-13,17,20H,7-9H2,1-2H3/t11-,12+,13?,17?,18-/m0/s1/i1D3,3D,6D,11D,13D,17D,20D. The normalized spacial score (nSPS) is 57.5. The fourth-order valence-electron chi connectivity index (χ4n) is 4.37. The summed E-state index contributed by atoms with van der Waals surface area (Å²) in [7, 11) is 1.30. The SMILES string of the molecule is [2H]OC1([2H])C=C[C@@]2([2H])[C@H]3Cc4c([2H])c([2H])c(OC)c5c4[C@@]2(CCN3C([2H])([2H])[2H])C1([2H])O5. The van der Waals surface area contributed by atoms with Gasteiger partial charge in [0.25, 0.3) is 0 Å². The quantitative estimate of drug-likeness (QED) is 0.841. The van der Waals surface area contributed by atoms with Crippen molar-refractivity contribution in [1.29, 1.82) is 1.43 Å². The molecule has 1 aromatic rings. The van der Waals surface area contributed by atoms with E-state index in [2.05, 4.69) is 5.11 Å². The molecule has 2 aliphatic heterocycles. The minimum atomic E-state index is -2.52. The van der Waals surface area contributed by atoms with Crippen LogP contribution in [0.15, 0.2) is 24.2 Å². The van der Waals surface area contributed by atoms with Crippen molar-refractivity contribution >= 4 is 0 Å². The Bertz CT molecular complexity index is 1030. The molecule has 4 aliphatic rings. The fraction of sp³-hybridized carbons (Fsp3) is 0.556. The second-order valence-corrected chi connectivity index (χ2v) is 6.12. The summed E-state index contributed by atoms with van der Waals surface area (Å²) < 4.78 is 87.3. The van der Waals surface area contributed by atoms with Crippen molar-refractivity contribution in [3.63, 3.8) is 0 Å². The molecule has 0 aromatic heterocycles. The number of aliphatic hydroxyl groups is 1. The summed E-state index contributed by atoms with van der Waals surface area (Å²) in [6.45, 7) is -2.51. The largest absolute Gasteiger partial charge is 0.493 e. The van der Waals surface area contributed by atoms with Crippen molar-refractivity contribution < 1.29 is 25.5 Å². The highest BCUT2D eigenvalue weighted by atomic mass is 16.5. The van der Waals surface area contributed by atoms with E-state index in [0.717, 1.165) is 6.08 Å². The molecule has 1 spiro atoms. The van der Waals surface area contributed by atoms with Gasteiger partial charge in [0.1, 0.15) is 12.2 Å². The van der Waals surface area contributed by atoms with Crippen LogP contribution in [0.3, 0.4) is 0 Å². The highest BCUT2D eigenvalue weighted by Crippen LogP contribution is 2.62. The molecule has 0 radical (unpaired) electrons. The van der Waals surface area contributed by atoms with E-state index < -0.39 is 36.5 Å². The first-order valence-corrected chi connectivity index (χ1v) is 7.34. The minimum absolute atomic E-state index is 0.00278. The van der Waals surface area contributed by atoms with Crippen LogP contribution in [-0.2, 0) is 11.8 Å². The molecule has 5 atom stereocenters. The Kier molecular flexibility index (Phi) is 1.28. The molecule has 1 N–H and O–H groups in total. The predicted octanol–water partition coefficient (Wildman–Crippen LogP) is 1.50. The van der Waals surface area contributed by atoms with E-state index in [1.165, 1.54) is 18.1 Å². The lowest BCUT2D eigenvalue weighted by atomic mass is 9.53. The highest BCUT2D eigenvalue weighted by molar-refractivity contribution is 5.62. The average Bonchev–Trinajstić information content (AvgIpc) is 2.95. The molecule has 116 valence electrons. The van der Waals surface area contributed by atoms with Gasteiger partial charge in [-0.05, 0) is 38.0 Å². The number of hydrogen-bond acceptors (Lipinski definition) is 4. The van der Waals surface area contributed by atoms with Crippen LogP contribution in [0.4, 0.5) is 0 Å². The molecule has 22 heavy (non-hydrogen) atoms. The number of nitrogens with zero attached hydrogens (tertiary/aromatic N) is 1. The summed E-state index contributed by atoms with van der Waals surface area (Å²) in [5.74, 6) is -1.78. The Morgan fingerprint density at radius 3 is 3.36 bits per heavy atom. The molecule has 0 saturated carbocycles. The molecule has 1 saturated heterocycles. The van der Waals surface area contributed by atoms with Crippen LogP contribution in [0.2, 0.25) is 0 Å². The third-order valence-electron chi connectivity index (χ3n) is 5.28. The van der Waals surface area contributed by atoms with Gasteiger partial charge in [0.05, 0.1) is 12.6 Å². The van der Waals surface area contributed by atoms with E-state index in [1.54, 1.807) is 0 Å². The van der Waals surface area contributed by atoms with Crippen LogP contribution < -0.4 is 9.47 Å². The van der Waals surface area contributed by atoms with E-state index in [0.29, 0.717) is 11.1 Å². The number of ether oxygens (including phenoxy) is 2. The third kappa shape index (κ3) is 1.28. The van der Waals surface area contributed by atoms with E-state index >= 15 is 0 Å². The van der Waals surface area contributed by atoms with Gasteiger partial charge >= 0.3 is 0 Å². The Labute approximate surface area is 143 Å². The Balaban J connectivity index is 1.93. The molecule has 2 bridgehead atoms. The molecule has 4 nitrogen and oxygen atoms in total. The van der Waals surface area contributed by atoms with Crippen LogP contribution in [0.1, 0.15) is 28.5 Å². The minimum Gasteiger partial charge on any atom is -0.493 e. The molecule has 1 fully saturated rings. The van der Waals surface area contributed by atoms with Gasteiger partial charge in [-0.15, -0.1) is 0 Å². The maximum atomic E-state index is 9.49. The van der Waals surface area contributed by atoms with Crippen molar-refractivity contribution in [1.82, 2.24) is 4.90 Å². The van der Waals surface area contributed by atoms with E-state index in [-0.39, 0.29) is 43.0 Å². The molecular weight excluding hydrogens is 278 g/mol. The Morgan fingerprint density at radius 2 is 2.55 bits per heavy atom. The van der Waals surface area contributed by atoms with Gasteiger partial charge in [-0.2, -0.15) is 0 Å². The summed E-state index contributed by atoms with van der Waals surface area (Å²) in [6, 6.07) is -1.41. The van der Waals surface area contributed by atoms with Crippen molar-refractivity contribution in [2.75, 3.05) is 20.6 Å². The van der Waals surface area contributed by atoms with Crippen molar-refractivity contribution in [2.24, 2.45) is 5.89 Å². The first kappa shape index (κ1) is 6.93. The molecule has 5 rings (SSSR count). The maximum absolute atomic E-state index is 9.49. The van der Waals surface area contributed by atoms with Crippen LogP contribution in [-0.4, -0.2) is 50.3 Å². The van der Waals surface area contributed by atoms with Crippen LogP contribution in [0, 0.1) is 5.89 Å².